The summed E-state index contributed by atoms with van der Waals surface area (Å²) in [6, 6.07) is 8.06. The molecule has 2 rings (SSSR count). The number of hydrogen-bond donors (Lipinski definition) is 0. The molecule has 0 radical (unpaired) electrons. The molecule has 0 aliphatic heterocycles. The predicted octanol–water partition coefficient (Wildman–Crippen LogP) is 3.72. The molecule has 0 amide bonds. The fraction of sp³-hybridized carbons (Fsp3) is 0.438. The molecule has 96 valence electrons. The maximum absolute atomic E-state index is 11.7. The number of methoxy groups -OCH3 is 1. The standard InChI is InChI=1S/C16H20O2/c1-11(2)15-9-6-13(17)10-16(15)12-4-7-14(18-3)8-5-12/h4-5,7-8,15-16H,1,6,9-10H2,2-3H3/t15-,16-/m0/s1. The van der Waals surface area contributed by atoms with Gasteiger partial charge in [0, 0.05) is 12.8 Å². The van der Waals surface area contributed by atoms with Gasteiger partial charge in [-0.2, -0.15) is 0 Å². The van der Waals surface area contributed by atoms with Gasteiger partial charge in [-0.25, -0.2) is 0 Å². The topological polar surface area (TPSA) is 26.3 Å². The average molecular weight is 244 g/mol. The molecule has 18 heavy (non-hydrogen) atoms. The number of carbonyl (C=O) groups is 1. The summed E-state index contributed by atoms with van der Waals surface area (Å²) < 4.78 is 5.17. The summed E-state index contributed by atoms with van der Waals surface area (Å²) in [6.45, 7) is 6.14. The molecule has 1 aliphatic rings. The van der Waals surface area contributed by atoms with E-state index in [1.807, 2.05) is 12.1 Å². The second-order valence-electron chi connectivity index (χ2n) is 5.11. The molecule has 2 heteroatoms. The minimum Gasteiger partial charge on any atom is -0.497 e. The van der Waals surface area contributed by atoms with Crippen LogP contribution in [0.25, 0.3) is 0 Å². The first-order chi connectivity index (χ1) is 8.61. The zero-order chi connectivity index (χ0) is 13.1. The Hall–Kier alpha value is -1.57. The molecule has 2 atom stereocenters. The van der Waals surface area contributed by atoms with Gasteiger partial charge in [0.15, 0.2) is 0 Å². The minimum absolute atomic E-state index is 0.287. The summed E-state index contributed by atoms with van der Waals surface area (Å²) in [5.74, 6) is 1.94. The van der Waals surface area contributed by atoms with Crippen LogP contribution < -0.4 is 4.74 Å². The number of hydrogen-bond acceptors (Lipinski definition) is 2. The van der Waals surface area contributed by atoms with Crippen molar-refractivity contribution in [2.75, 3.05) is 7.11 Å². The molecule has 0 aromatic heterocycles. The molecule has 0 unspecified atom stereocenters. The zero-order valence-electron chi connectivity index (χ0n) is 11.1. The smallest absolute Gasteiger partial charge is 0.133 e. The van der Waals surface area contributed by atoms with Crippen molar-refractivity contribution in [1.29, 1.82) is 0 Å². The summed E-state index contributed by atoms with van der Waals surface area (Å²) in [4.78, 5) is 11.7. The van der Waals surface area contributed by atoms with E-state index in [0.717, 1.165) is 12.2 Å². The van der Waals surface area contributed by atoms with Gasteiger partial charge in [-0.1, -0.05) is 24.3 Å². The van der Waals surface area contributed by atoms with E-state index in [1.54, 1.807) is 7.11 Å². The third kappa shape index (κ3) is 2.63. The van der Waals surface area contributed by atoms with Gasteiger partial charge in [0.2, 0.25) is 0 Å². The Kier molecular flexibility index (Phi) is 3.85. The summed E-state index contributed by atoms with van der Waals surface area (Å²) in [7, 11) is 1.66. The van der Waals surface area contributed by atoms with Crippen LogP contribution in [-0.2, 0) is 4.79 Å². The molecule has 1 aromatic carbocycles. The maximum atomic E-state index is 11.7. The van der Waals surface area contributed by atoms with E-state index in [4.69, 9.17) is 4.74 Å². The lowest BCUT2D eigenvalue weighted by atomic mass is 9.72. The van der Waals surface area contributed by atoms with Crippen LogP contribution in [0.5, 0.6) is 5.75 Å². The predicted molar refractivity (Wildman–Crippen MR) is 72.9 cm³/mol. The molecule has 0 N–H and O–H groups in total. The van der Waals surface area contributed by atoms with Crippen molar-refractivity contribution in [3.05, 3.63) is 42.0 Å². The first-order valence-electron chi connectivity index (χ1n) is 6.43. The Labute approximate surface area is 109 Å². The monoisotopic (exact) mass is 244 g/mol. The van der Waals surface area contributed by atoms with E-state index in [2.05, 4.69) is 25.6 Å². The Bertz CT molecular complexity index is 445. The number of rotatable bonds is 3. The SMILES string of the molecule is C=C(C)[C@@H]1CCC(=O)C[C@H]1c1ccc(OC)cc1. The summed E-state index contributed by atoms with van der Waals surface area (Å²) in [6.07, 6.45) is 2.28. The van der Waals surface area contributed by atoms with Gasteiger partial charge in [-0.05, 0) is 42.9 Å². The maximum Gasteiger partial charge on any atom is 0.133 e. The van der Waals surface area contributed by atoms with Crippen LogP contribution in [-0.4, -0.2) is 12.9 Å². The molecule has 0 heterocycles. The highest BCUT2D eigenvalue weighted by molar-refractivity contribution is 5.80. The Balaban J connectivity index is 2.25. The van der Waals surface area contributed by atoms with E-state index < -0.39 is 0 Å². The fourth-order valence-corrected chi connectivity index (χ4v) is 2.80. The molecule has 2 nitrogen and oxygen atoms in total. The van der Waals surface area contributed by atoms with Crippen LogP contribution in [0, 0.1) is 5.92 Å². The van der Waals surface area contributed by atoms with Crippen LogP contribution >= 0.6 is 0 Å². The van der Waals surface area contributed by atoms with E-state index >= 15 is 0 Å². The molecule has 1 aromatic rings. The van der Waals surface area contributed by atoms with Crippen LogP contribution in [0.15, 0.2) is 36.4 Å². The summed E-state index contributed by atoms with van der Waals surface area (Å²) in [5.41, 5.74) is 2.40. The molecule has 0 saturated heterocycles. The van der Waals surface area contributed by atoms with Crippen LogP contribution in [0.1, 0.15) is 37.7 Å². The minimum atomic E-state index is 0.287. The molecule has 1 aliphatic carbocycles. The van der Waals surface area contributed by atoms with Crippen molar-refractivity contribution in [3.63, 3.8) is 0 Å². The molecule has 1 saturated carbocycles. The van der Waals surface area contributed by atoms with Gasteiger partial charge in [-0.3, -0.25) is 4.79 Å². The highest BCUT2D eigenvalue weighted by atomic mass is 16.5. The van der Waals surface area contributed by atoms with Gasteiger partial charge >= 0.3 is 0 Å². The molecular formula is C16H20O2. The van der Waals surface area contributed by atoms with Crippen LogP contribution in [0.3, 0.4) is 0 Å². The van der Waals surface area contributed by atoms with Gasteiger partial charge < -0.3 is 4.74 Å². The number of benzene rings is 1. The summed E-state index contributed by atoms with van der Waals surface area (Å²) in [5, 5.41) is 0. The number of ketones is 1. The molecule has 0 bridgehead atoms. The molecule has 1 fully saturated rings. The third-order valence-corrected chi connectivity index (χ3v) is 3.84. The highest BCUT2D eigenvalue weighted by Gasteiger charge is 2.30. The third-order valence-electron chi connectivity index (χ3n) is 3.84. The molecule has 0 spiro atoms. The van der Waals surface area contributed by atoms with Gasteiger partial charge in [0.1, 0.15) is 11.5 Å². The largest absolute Gasteiger partial charge is 0.497 e. The zero-order valence-corrected chi connectivity index (χ0v) is 11.1. The van der Waals surface area contributed by atoms with Crippen molar-refractivity contribution < 1.29 is 9.53 Å². The normalized spacial score (nSPS) is 23.8. The van der Waals surface area contributed by atoms with Gasteiger partial charge in [0.25, 0.3) is 0 Å². The van der Waals surface area contributed by atoms with Crippen molar-refractivity contribution >= 4 is 5.78 Å². The van der Waals surface area contributed by atoms with Gasteiger partial charge in [-0.15, -0.1) is 0 Å². The van der Waals surface area contributed by atoms with Crippen molar-refractivity contribution in [2.45, 2.75) is 32.1 Å². The Morgan fingerprint density at radius 3 is 2.56 bits per heavy atom. The Morgan fingerprint density at radius 1 is 1.33 bits per heavy atom. The number of allylic oxidation sites excluding steroid dienone is 1. The summed E-state index contributed by atoms with van der Waals surface area (Å²) >= 11 is 0. The number of Topliss-reactive ketones (excluding diaryl/α,β-unsaturated/α-hetero) is 1. The lowest BCUT2D eigenvalue weighted by Gasteiger charge is -2.31. The van der Waals surface area contributed by atoms with Crippen LogP contribution in [0.2, 0.25) is 0 Å². The fourth-order valence-electron chi connectivity index (χ4n) is 2.80. The van der Waals surface area contributed by atoms with E-state index in [1.165, 1.54) is 11.1 Å². The second-order valence-corrected chi connectivity index (χ2v) is 5.11. The lowest BCUT2D eigenvalue weighted by molar-refractivity contribution is -0.121. The number of carbonyl (C=O) groups excluding carboxylic acids is 1. The van der Waals surface area contributed by atoms with Crippen molar-refractivity contribution in [1.82, 2.24) is 0 Å². The van der Waals surface area contributed by atoms with Crippen molar-refractivity contribution in [3.8, 4) is 5.75 Å². The van der Waals surface area contributed by atoms with E-state index in [-0.39, 0.29) is 5.92 Å². The van der Waals surface area contributed by atoms with E-state index in [0.29, 0.717) is 24.5 Å². The first kappa shape index (κ1) is 12.9. The second kappa shape index (κ2) is 5.38. The first-order valence-corrected chi connectivity index (χ1v) is 6.43. The molecular weight excluding hydrogens is 224 g/mol. The lowest BCUT2D eigenvalue weighted by Crippen LogP contribution is -2.24. The van der Waals surface area contributed by atoms with Gasteiger partial charge in [0.05, 0.1) is 7.11 Å². The average Bonchev–Trinajstić information content (AvgIpc) is 2.38. The van der Waals surface area contributed by atoms with Crippen molar-refractivity contribution in [2.24, 2.45) is 5.92 Å². The van der Waals surface area contributed by atoms with Crippen LogP contribution in [0.4, 0.5) is 0 Å². The number of ether oxygens (including phenoxy) is 1. The Morgan fingerprint density at radius 2 is 2.00 bits per heavy atom. The quantitative estimate of drug-likeness (QED) is 0.757. The highest BCUT2D eigenvalue weighted by Crippen LogP contribution is 2.40. The van der Waals surface area contributed by atoms with E-state index in [9.17, 15) is 4.79 Å².